The van der Waals surface area contributed by atoms with Gasteiger partial charge in [0.2, 0.25) is 0 Å². The predicted octanol–water partition coefficient (Wildman–Crippen LogP) is 3.45. The lowest BCUT2D eigenvalue weighted by Crippen LogP contribution is -2.23. The monoisotopic (exact) mass is 275 g/mol. The topological polar surface area (TPSA) is 40.7 Å². The number of hydrogen-bond donors (Lipinski definition) is 2. The second kappa shape index (κ2) is 5.88. The Morgan fingerprint density at radius 1 is 1.53 bits per heavy atom. The molecule has 102 valence electrons. The summed E-state index contributed by atoms with van der Waals surface area (Å²) in [5.41, 5.74) is 2.55. The van der Waals surface area contributed by atoms with Crippen LogP contribution in [0.5, 0.6) is 0 Å². The Morgan fingerprint density at radius 3 is 3.05 bits per heavy atom. The molecule has 0 saturated heterocycles. The quantitative estimate of drug-likeness (QED) is 0.760. The molecule has 1 fully saturated rings. The lowest BCUT2D eigenvalue weighted by atomic mass is 10.1. The summed E-state index contributed by atoms with van der Waals surface area (Å²) in [6, 6.07) is 5.01. The first-order valence-corrected chi connectivity index (χ1v) is 7.98. The Bertz CT molecular complexity index is 499. The number of H-pyrrole nitrogens is 1. The van der Waals surface area contributed by atoms with Crippen molar-refractivity contribution in [1.29, 1.82) is 0 Å². The van der Waals surface area contributed by atoms with Crippen LogP contribution < -0.4 is 5.32 Å². The highest BCUT2D eigenvalue weighted by molar-refractivity contribution is 7.10. The Morgan fingerprint density at radius 2 is 2.42 bits per heavy atom. The van der Waals surface area contributed by atoms with Crippen molar-refractivity contribution < 1.29 is 0 Å². The zero-order chi connectivity index (χ0) is 13.1. The van der Waals surface area contributed by atoms with Gasteiger partial charge in [0.1, 0.15) is 0 Å². The fourth-order valence-corrected chi connectivity index (χ4v) is 3.46. The van der Waals surface area contributed by atoms with Crippen LogP contribution in [-0.4, -0.2) is 16.7 Å². The molecular weight excluding hydrogens is 254 g/mol. The summed E-state index contributed by atoms with van der Waals surface area (Å²) in [5, 5.41) is 13.0. The van der Waals surface area contributed by atoms with Gasteiger partial charge in [0.05, 0.1) is 6.20 Å². The van der Waals surface area contributed by atoms with Crippen molar-refractivity contribution in [2.45, 2.75) is 38.6 Å². The van der Waals surface area contributed by atoms with Crippen molar-refractivity contribution >= 4 is 11.3 Å². The van der Waals surface area contributed by atoms with Crippen LogP contribution in [0, 0.1) is 12.8 Å². The first kappa shape index (κ1) is 12.9. The molecule has 1 aliphatic carbocycles. The summed E-state index contributed by atoms with van der Waals surface area (Å²) < 4.78 is 0. The van der Waals surface area contributed by atoms with Crippen molar-refractivity contribution in [1.82, 2.24) is 15.5 Å². The van der Waals surface area contributed by atoms with E-state index in [-0.39, 0.29) is 0 Å². The van der Waals surface area contributed by atoms with Gasteiger partial charge >= 0.3 is 0 Å². The number of hydrogen-bond acceptors (Lipinski definition) is 3. The molecule has 0 aliphatic heterocycles. The third kappa shape index (κ3) is 3.25. The van der Waals surface area contributed by atoms with Gasteiger partial charge in [-0.05, 0) is 62.1 Å². The fourth-order valence-electron chi connectivity index (χ4n) is 2.56. The van der Waals surface area contributed by atoms with Crippen molar-refractivity contribution in [3.63, 3.8) is 0 Å². The molecular formula is C15H21N3S. The standard InChI is InChI=1S/C15H21N3S/c1-11-13(10-17-18-11)4-2-8-16-15(12-6-7-12)14-5-3-9-19-14/h3,5,9-10,12,15-16H,2,4,6-8H2,1H3,(H,17,18). The maximum absolute atomic E-state index is 4.07. The van der Waals surface area contributed by atoms with Gasteiger partial charge in [-0.15, -0.1) is 11.3 Å². The molecule has 1 unspecified atom stereocenters. The molecule has 1 atom stereocenters. The number of aromatic amines is 1. The zero-order valence-electron chi connectivity index (χ0n) is 11.4. The van der Waals surface area contributed by atoms with Gasteiger partial charge in [0.15, 0.2) is 0 Å². The lowest BCUT2D eigenvalue weighted by Gasteiger charge is -2.16. The van der Waals surface area contributed by atoms with Crippen molar-refractivity contribution in [3.05, 3.63) is 39.8 Å². The van der Waals surface area contributed by atoms with Crippen LogP contribution in [0.15, 0.2) is 23.7 Å². The third-order valence-electron chi connectivity index (χ3n) is 3.86. The van der Waals surface area contributed by atoms with E-state index in [0.717, 1.165) is 18.9 Å². The summed E-state index contributed by atoms with van der Waals surface area (Å²) in [4.78, 5) is 1.50. The largest absolute Gasteiger partial charge is 0.309 e. The fraction of sp³-hybridized carbons (Fsp3) is 0.533. The third-order valence-corrected chi connectivity index (χ3v) is 4.82. The number of aromatic nitrogens is 2. The van der Waals surface area contributed by atoms with Crippen molar-refractivity contribution in [3.8, 4) is 0 Å². The SMILES string of the molecule is Cc1[nH]ncc1CCCNC(c1cccs1)C1CC1. The number of nitrogens with zero attached hydrogens (tertiary/aromatic N) is 1. The highest BCUT2D eigenvalue weighted by atomic mass is 32.1. The van der Waals surface area contributed by atoms with Gasteiger partial charge in [0, 0.05) is 16.6 Å². The number of aryl methyl sites for hydroxylation is 2. The molecule has 19 heavy (non-hydrogen) atoms. The van der Waals surface area contributed by atoms with E-state index < -0.39 is 0 Å². The number of thiophene rings is 1. The summed E-state index contributed by atoms with van der Waals surface area (Å²) >= 11 is 1.88. The van der Waals surface area contributed by atoms with Gasteiger partial charge in [-0.1, -0.05) is 6.07 Å². The second-order valence-electron chi connectivity index (χ2n) is 5.41. The average molecular weight is 275 g/mol. The lowest BCUT2D eigenvalue weighted by molar-refractivity contribution is 0.482. The van der Waals surface area contributed by atoms with Crippen LogP contribution in [0.1, 0.15) is 41.4 Å². The van der Waals surface area contributed by atoms with Gasteiger partial charge in [-0.3, -0.25) is 5.10 Å². The van der Waals surface area contributed by atoms with Gasteiger partial charge < -0.3 is 5.32 Å². The molecule has 0 amide bonds. The summed E-state index contributed by atoms with van der Waals surface area (Å²) in [5.74, 6) is 0.870. The molecule has 3 rings (SSSR count). The van der Waals surface area contributed by atoms with Gasteiger partial charge in [0.25, 0.3) is 0 Å². The second-order valence-corrected chi connectivity index (χ2v) is 6.39. The highest BCUT2D eigenvalue weighted by Crippen LogP contribution is 2.42. The molecule has 1 aliphatic rings. The van der Waals surface area contributed by atoms with Crippen LogP contribution in [0.3, 0.4) is 0 Å². The minimum atomic E-state index is 0.588. The number of rotatable bonds is 7. The van der Waals surface area contributed by atoms with E-state index in [1.54, 1.807) is 0 Å². The van der Waals surface area contributed by atoms with Crippen molar-refractivity contribution in [2.24, 2.45) is 5.92 Å². The highest BCUT2D eigenvalue weighted by Gasteiger charge is 2.32. The van der Waals surface area contributed by atoms with E-state index in [1.165, 1.54) is 35.4 Å². The molecule has 4 heteroatoms. The van der Waals surface area contributed by atoms with Crippen LogP contribution in [0.25, 0.3) is 0 Å². The first-order valence-electron chi connectivity index (χ1n) is 7.10. The molecule has 1 saturated carbocycles. The Hall–Kier alpha value is -1.13. The molecule has 0 bridgehead atoms. The van der Waals surface area contributed by atoms with E-state index in [2.05, 4.69) is 40.0 Å². The van der Waals surface area contributed by atoms with Crippen molar-refractivity contribution in [2.75, 3.05) is 6.54 Å². The smallest absolute Gasteiger partial charge is 0.0522 e. The summed E-state index contributed by atoms with van der Waals surface area (Å²) in [6.45, 7) is 3.18. The molecule has 2 N–H and O–H groups in total. The van der Waals surface area contributed by atoms with Crippen LogP contribution in [0.2, 0.25) is 0 Å². The van der Waals surface area contributed by atoms with E-state index in [1.807, 2.05) is 17.5 Å². The Kier molecular flexibility index (Phi) is 3.99. The van der Waals surface area contributed by atoms with E-state index in [4.69, 9.17) is 0 Å². The minimum Gasteiger partial charge on any atom is -0.309 e. The average Bonchev–Trinajstić information content (AvgIpc) is 2.94. The molecule has 2 heterocycles. The predicted molar refractivity (Wildman–Crippen MR) is 79.4 cm³/mol. The van der Waals surface area contributed by atoms with E-state index in [9.17, 15) is 0 Å². The van der Waals surface area contributed by atoms with Gasteiger partial charge in [-0.25, -0.2) is 0 Å². The molecule has 3 nitrogen and oxygen atoms in total. The van der Waals surface area contributed by atoms with E-state index in [0.29, 0.717) is 6.04 Å². The van der Waals surface area contributed by atoms with Crippen LogP contribution in [-0.2, 0) is 6.42 Å². The molecule has 0 radical (unpaired) electrons. The minimum absolute atomic E-state index is 0.588. The van der Waals surface area contributed by atoms with Crippen LogP contribution in [0.4, 0.5) is 0 Å². The molecule has 0 aromatic carbocycles. The van der Waals surface area contributed by atoms with Gasteiger partial charge in [-0.2, -0.15) is 5.10 Å². The number of nitrogens with one attached hydrogen (secondary N) is 2. The summed E-state index contributed by atoms with van der Waals surface area (Å²) in [6.07, 6.45) is 7.01. The van der Waals surface area contributed by atoms with Crippen LogP contribution >= 0.6 is 11.3 Å². The maximum Gasteiger partial charge on any atom is 0.0522 e. The molecule has 2 aromatic rings. The Labute approximate surface area is 118 Å². The summed E-state index contributed by atoms with van der Waals surface area (Å²) in [7, 11) is 0. The maximum atomic E-state index is 4.07. The Balaban J connectivity index is 1.47. The molecule has 2 aromatic heterocycles. The van der Waals surface area contributed by atoms with E-state index >= 15 is 0 Å². The molecule has 0 spiro atoms. The first-order chi connectivity index (χ1) is 9.34. The zero-order valence-corrected chi connectivity index (χ0v) is 12.2. The normalized spacial score (nSPS) is 16.7.